The number of hydrogen-bond acceptors (Lipinski definition) is 2. The minimum Gasteiger partial charge on any atom is -0.481 e. The minimum atomic E-state index is -0.687. The van der Waals surface area contributed by atoms with Crippen LogP contribution in [0.1, 0.15) is 90.9 Å². The molecule has 1 saturated carbocycles. The third-order valence-corrected chi connectivity index (χ3v) is 4.77. The summed E-state index contributed by atoms with van der Waals surface area (Å²) in [5, 5.41) is 9.03. The lowest BCUT2D eigenvalue weighted by atomic mass is 9.87. The molecule has 0 aromatic carbocycles. The fourth-order valence-corrected chi connectivity index (χ4v) is 2.73. The molecule has 0 atom stereocenters. The van der Waals surface area contributed by atoms with Crippen LogP contribution in [-0.2, 0) is 9.53 Å². The molecule has 1 fully saturated rings. The van der Waals surface area contributed by atoms with Crippen molar-refractivity contribution in [3.63, 3.8) is 0 Å². The molecule has 3 nitrogen and oxygen atoms in total. The lowest BCUT2D eigenvalue weighted by Crippen LogP contribution is -2.23. The number of carboxylic acids is 1. The molecule has 0 saturated heterocycles. The largest absolute Gasteiger partial charge is 0.481 e. The lowest BCUT2D eigenvalue weighted by Gasteiger charge is -2.18. The van der Waals surface area contributed by atoms with Gasteiger partial charge in [-0.05, 0) is 39.0 Å². The van der Waals surface area contributed by atoms with Gasteiger partial charge in [0.05, 0.1) is 5.41 Å². The quantitative estimate of drug-likeness (QED) is 0.410. The molecule has 0 unspecified atom stereocenters. The van der Waals surface area contributed by atoms with Gasteiger partial charge in [0.2, 0.25) is 0 Å². The number of carboxylic acid groups (broad SMARTS) is 1. The average Bonchev–Trinajstić information content (AvgIpc) is 3.27. The normalized spacial score (nSPS) is 15.2. The van der Waals surface area contributed by atoms with Gasteiger partial charge in [0.15, 0.2) is 0 Å². The molecule has 0 aromatic heterocycles. The molecule has 0 aromatic rings. The highest BCUT2D eigenvalue weighted by Gasteiger charge is 2.25. The first kappa shape index (κ1) is 19.5. The smallest absolute Gasteiger partial charge is 0.309 e. The molecule has 1 N–H and O–H groups in total. The summed E-state index contributed by atoms with van der Waals surface area (Å²) in [6.07, 6.45) is 14.9. The molecule has 1 aliphatic carbocycles. The molecule has 0 bridgehead atoms. The number of ether oxygens (including phenoxy) is 1. The van der Waals surface area contributed by atoms with Gasteiger partial charge >= 0.3 is 5.97 Å². The molecule has 3 heteroatoms. The van der Waals surface area contributed by atoms with Crippen molar-refractivity contribution in [2.45, 2.75) is 90.9 Å². The second-order valence-corrected chi connectivity index (χ2v) is 7.61. The van der Waals surface area contributed by atoms with Crippen LogP contribution in [0.5, 0.6) is 0 Å². The van der Waals surface area contributed by atoms with Gasteiger partial charge < -0.3 is 9.84 Å². The Bertz CT molecular complexity index is 295. The van der Waals surface area contributed by atoms with Gasteiger partial charge in [-0.2, -0.15) is 0 Å². The Hall–Kier alpha value is -0.570. The van der Waals surface area contributed by atoms with Crippen LogP contribution >= 0.6 is 0 Å². The maximum absolute atomic E-state index is 11.0. The van der Waals surface area contributed by atoms with E-state index in [-0.39, 0.29) is 0 Å². The van der Waals surface area contributed by atoms with Gasteiger partial charge in [0, 0.05) is 13.2 Å². The fraction of sp³-hybridized carbons (Fsp3) is 0.947. The zero-order valence-corrected chi connectivity index (χ0v) is 14.7. The predicted molar refractivity (Wildman–Crippen MR) is 91.1 cm³/mol. The average molecular weight is 312 g/mol. The van der Waals surface area contributed by atoms with Gasteiger partial charge in [-0.1, -0.05) is 57.8 Å². The highest BCUT2D eigenvalue weighted by atomic mass is 16.5. The Balaban J connectivity index is 1.73. The molecule has 130 valence electrons. The lowest BCUT2D eigenvalue weighted by molar-refractivity contribution is -0.147. The molecule has 22 heavy (non-hydrogen) atoms. The van der Waals surface area contributed by atoms with E-state index in [2.05, 4.69) is 0 Å². The number of hydrogen-bond donors (Lipinski definition) is 1. The Morgan fingerprint density at radius 1 is 0.955 bits per heavy atom. The standard InChI is InChI=1S/C19H36O3/c1-19(2,18(20)21)14-8-4-6-10-16-22-15-9-5-3-7-11-17-12-13-17/h17H,3-16H2,1-2H3,(H,20,21). The van der Waals surface area contributed by atoms with Gasteiger partial charge in [-0.3, -0.25) is 4.79 Å². The van der Waals surface area contributed by atoms with E-state index >= 15 is 0 Å². The summed E-state index contributed by atoms with van der Waals surface area (Å²) >= 11 is 0. The van der Waals surface area contributed by atoms with Crippen molar-refractivity contribution in [2.24, 2.45) is 11.3 Å². The van der Waals surface area contributed by atoms with E-state index in [1.165, 1.54) is 44.9 Å². The van der Waals surface area contributed by atoms with Crippen molar-refractivity contribution < 1.29 is 14.6 Å². The van der Waals surface area contributed by atoms with E-state index in [1.54, 1.807) is 0 Å². The Morgan fingerprint density at radius 2 is 1.50 bits per heavy atom. The van der Waals surface area contributed by atoms with Crippen LogP contribution in [0.2, 0.25) is 0 Å². The molecule has 1 rings (SSSR count). The van der Waals surface area contributed by atoms with Crippen LogP contribution in [0.15, 0.2) is 0 Å². The number of carbonyl (C=O) groups is 1. The Kier molecular flexibility index (Phi) is 9.77. The van der Waals surface area contributed by atoms with Gasteiger partial charge in [0.25, 0.3) is 0 Å². The van der Waals surface area contributed by atoms with Gasteiger partial charge in [-0.15, -0.1) is 0 Å². The topological polar surface area (TPSA) is 46.5 Å². The second-order valence-electron chi connectivity index (χ2n) is 7.61. The van der Waals surface area contributed by atoms with E-state index < -0.39 is 11.4 Å². The van der Waals surface area contributed by atoms with E-state index in [0.717, 1.165) is 51.2 Å². The number of aliphatic carboxylic acids is 1. The van der Waals surface area contributed by atoms with Crippen molar-refractivity contribution in [1.82, 2.24) is 0 Å². The summed E-state index contributed by atoms with van der Waals surface area (Å²) in [6.45, 7) is 5.39. The number of unbranched alkanes of at least 4 members (excludes halogenated alkanes) is 6. The van der Waals surface area contributed by atoms with Crippen LogP contribution in [0, 0.1) is 11.3 Å². The maximum atomic E-state index is 11.0. The summed E-state index contributed by atoms with van der Waals surface area (Å²) in [4.78, 5) is 11.0. The van der Waals surface area contributed by atoms with Crippen LogP contribution in [0.25, 0.3) is 0 Å². The van der Waals surface area contributed by atoms with Crippen molar-refractivity contribution >= 4 is 5.97 Å². The van der Waals surface area contributed by atoms with E-state index in [0.29, 0.717) is 0 Å². The summed E-state index contributed by atoms with van der Waals surface area (Å²) in [5.74, 6) is 0.394. The summed E-state index contributed by atoms with van der Waals surface area (Å²) in [5.41, 5.74) is -0.573. The van der Waals surface area contributed by atoms with E-state index in [1.807, 2.05) is 13.8 Å². The summed E-state index contributed by atoms with van der Waals surface area (Å²) < 4.78 is 5.67. The maximum Gasteiger partial charge on any atom is 0.309 e. The second kappa shape index (κ2) is 11.0. The molecule has 0 amide bonds. The molecule has 0 heterocycles. The first-order chi connectivity index (χ1) is 10.5. The third kappa shape index (κ3) is 10.2. The zero-order valence-electron chi connectivity index (χ0n) is 14.7. The SMILES string of the molecule is CC(C)(CCCCCCOCCCCCCC1CC1)C(=O)O. The van der Waals surface area contributed by atoms with Crippen LogP contribution in [0.3, 0.4) is 0 Å². The molecular formula is C19H36O3. The first-order valence-corrected chi connectivity index (χ1v) is 9.33. The highest BCUT2D eigenvalue weighted by molar-refractivity contribution is 5.73. The minimum absolute atomic E-state index is 0.573. The first-order valence-electron chi connectivity index (χ1n) is 9.33. The molecule has 0 aliphatic heterocycles. The van der Waals surface area contributed by atoms with Crippen LogP contribution in [-0.4, -0.2) is 24.3 Å². The predicted octanol–water partition coefficient (Wildman–Crippen LogP) is 5.42. The van der Waals surface area contributed by atoms with Crippen molar-refractivity contribution in [2.75, 3.05) is 13.2 Å². The van der Waals surface area contributed by atoms with E-state index in [9.17, 15) is 4.79 Å². The summed E-state index contributed by atoms with van der Waals surface area (Å²) in [6, 6.07) is 0. The Morgan fingerprint density at radius 3 is 2.05 bits per heavy atom. The van der Waals surface area contributed by atoms with Crippen LogP contribution < -0.4 is 0 Å². The molecular weight excluding hydrogens is 276 g/mol. The number of rotatable bonds is 15. The van der Waals surface area contributed by atoms with Gasteiger partial charge in [0.1, 0.15) is 0 Å². The molecule has 0 radical (unpaired) electrons. The summed E-state index contributed by atoms with van der Waals surface area (Å²) in [7, 11) is 0. The fourth-order valence-electron chi connectivity index (χ4n) is 2.73. The van der Waals surface area contributed by atoms with Crippen molar-refractivity contribution in [1.29, 1.82) is 0 Å². The monoisotopic (exact) mass is 312 g/mol. The zero-order chi connectivity index (χ0) is 16.3. The van der Waals surface area contributed by atoms with Crippen molar-refractivity contribution in [3.05, 3.63) is 0 Å². The third-order valence-electron chi connectivity index (χ3n) is 4.77. The van der Waals surface area contributed by atoms with Gasteiger partial charge in [-0.25, -0.2) is 0 Å². The van der Waals surface area contributed by atoms with Crippen molar-refractivity contribution in [3.8, 4) is 0 Å². The highest BCUT2D eigenvalue weighted by Crippen LogP contribution is 2.34. The van der Waals surface area contributed by atoms with E-state index in [4.69, 9.17) is 9.84 Å². The Labute approximate surface area is 136 Å². The molecule has 0 spiro atoms. The molecule has 1 aliphatic rings. The van der Waals surface area contributed by atoms with Crippen LogP contribution in [0.4, 0.5) is 0 Å².